The number of hydrogen-bond acceptors (Lipinski definition) is 4. The van der Waals surface area contributed by atoms with Crippen molar-refractivity contribution in [2.24, 2.45) is 0 Å². The van der Waals surface area contributed by atoms with Gasteiger partial charge in [-0.05, 0) is 24.4 Å². The van der Waals surface area contributed by atoms with Gasteiger partial charge in [0.25, 0.3) is 0 Å². The molecule has 0 aromatic carbocycles. The summed E-state index contributed by atoms with van der Waals surface area (Å²) in [4.78, 5) is 12.5. The van der Waals surface area contributed by atoms with E-state index in [1.54, 1.807) is 6.33 Å². The fraction of sp³-hybridized carbons (Fsp3) is 0.688. The predicted octanol–water partition coefficient (Wildman–Crippen LogP) is 4.81. The molecule has 128 valence electrons. The van der Waals surface area contributed by atoms with Crippen molar-refractivity contribution in [3.8, 4) is 0 Å². The van der Waals surface area contributed by atoms with Gasteiger partial charge in [0.1, 0.15) is 5.52 Å². The standard InChI is InChI=1S/C16H24Cl2N4O/c1-2-3-4-5-6-7-8-12(9-10-23)22-11-19-13-14(17)20-16(18)21-15(13)22/h11-12,23H,2-10H2,1H3. The first-order valence-electron chi connectivity index (χ1n) is 8.33. The first-order valence-corrected chi connectivity index (χ1v) is 9.09. The normalized spacial score (nSPS) is 12.9. The van der Waals surface area contributed by atoms with E-state index in [9.17, 15) is 5.11 Å². The first-order chi connectivity index (χ1) is 11.2. The molecule has 1 N–H and O–H groups in total. The van der Waals surface area contributed by atoms with E-state index < -0.39 is 0 Å². The Hall–Kier alpha value is -0.910. The maximum Gasteiger partial charge on any atom is 0.225 e. The third kappa shape index (κ3) is 5.03. The summed E-state index contributed by atoms with van der Waals surface area (Å²) in [5.41, 5.74) is 1.20. The number of aromatic nitrogens is 4. The number of halogens is 2. The van der Waals surface area contributed by atoms with Gasteiger partial charge in [0.15, 0.2) is 10.8 Å². The summed E-state index contributed by atoms with van der Waals surface area (Å²) >= 11 is 12.0. The highest BCUT2D eigenvalue weighted by atomic mass is 35.5. The van der Waals surface area contributed by atoms with Crippen LogP contribution in [0.15, 0.2) is 6.33 Å². The van der Waals surface area contributed by atoms with Crippen molar-refractivity contribution >= 4 is 34.4 Å². The summed E-state index contributed by atoms with van der Waals surface area (Å²) in [5.74, 6) is 0. The number of fused-ring (bicyclic) bond motifs is 1. The van der Waals surface area contributed by atoms with Gasteiger partial charge in [0.05, 0.1) is 6.33 Å². The summed E-state index contributed by atoms with van der Waals surface area (Å²) < 4.78 is 1.97. The Balaban J connectivity index is 2.05. The van der Waals surface area contributed by atoms with E-state index in [1.807, 2.05) is 4.57 Å². The smallest absolute Gasteiger partial charge is 0.225 e. The molecule has 1 atom stereocenters. The van der Waals surface area contributed by atoms with Crippen LogP contribution in [0.25, 0.3) is 11.2 Å². The van der Waals surface area contributed by atoms with Crippen molar-refractivity contribution in [3.63, 3.8) is 0 Å². The van der Waals surface area contributed by atoms with Gasteiger partial charge in [-0.2, -0.15) is 4.98 Å². The number of unbranched alkanes of at least 4 members (excludes halogenated alkanes) is 5. The van der Waals surface area contributed by atoms with Gasteiger partial charge < -0.3 is 9.67 Å². The highest BCUT2D eigenvalue weighted by molar-refractivity contribution is 6.35. The van der Waals surface area contributed by atoms with Crippen LogP contribution in [-0.4, -0.2) is 31.2 Å². The third-order valence-corrected chi connectivity index (χ3v) is 4.53. The molecule has 0 bridgehead atoms. The van der Waals surface area contributed by atoms with E-state index in [0.717, 1.165) is 12.8 Å². The zero-order valence-electron chi connectivity index (χ0n) is 13.5. The molecule has 0 saturated carbocycles. The van der Waals surface area contributed by atoms with Gasteiger partial charge in [-0.25, -0.2) is 9.97 Å². The van der Waals surface area contributed by atoms with E-state index in [0.29, 0.717) is 17.6 Å². The van der Waals surface area contributed by atoms with E-state index >= 15 is 0 Å². The molecule has 2 heterocycles. The molecule has 2 rings (SSSR count). The zero-order chi connectivity index (χ0) is 16.7. The van der Waals surface area contributed by atoms with Gasteiger partial charge in [-0.15, -0.1) is 0 Å². The number of aliphatic hydroxyl groups is 1. The van der Waals surface area contributed by atoms with Crippen molar-refractivity contribution < 1.29 is 5.11 Å². The van der Waals surface area contributed by atoms with Crippen molar-refractivity contribution in [1.82, 2.24) is 19.5 Å². The number of aliphatic hydroxyl groups excluding tert-OH is 1. The average molecular weight is 359 g/mol. The fourth-order valence-electron chi connectivity index (χ4n) is 2.86. The summed E-state index contributed by atoms with van der Waals surface area (Å²) in [5, 5.41) is 9.75. The summed E-state index contributed by atoms with van der Waals surface area (Å²) in [6.45, 7) is 2.35. The monoisotopic (exact) mass is 358 g/mol. The minimum absolute atomic E-state index is 0.117. The second-order valence-electron chi connectivity index (χ2n) is 5.83. The zero-order valence-corrected chi connectivity index (χ0v) is 15.0. The van der Waals surface area contributed by atoms with Crippen LogP contribution in [0.4, 0.5) is 0 Å². The largest absolute Gasteiger partial charge is 0.396 e. The van der Waals surface area contributed by atoms with E-state index in [4.69, 9.17) is 23.2 Å². The van der Waals surface area contributed by atoms with Crippen molar-refractivity contribution in [3.05, 3.63) is 16.8 Å². The van der Waals surface area contributed by atoms with Crippen molar-refractivity contribution in [1.29, 1.82) is 0 Å². The average Bonchev–Trinajstić information content (AvgIpc) is 2.93. The molecule has 2 aromatic heterocycles. The minimum Gasteiger partial charge on any atom is -0.396 e. The van der Waals surface area contributed by atoms with E-state index in [2.05, 4.69) is 21.9 Å². The lowest BCUT2D eigenvalue weighted by Gasteiger charge is -2.18. The van der Waals surface area contributed by atoms with E-state index in [1.165, 1.54) is 32.1 Å². The van der Waals surface area contributed by atoms with Gasteiger partial charge in [-0.1, -0.05) is 57.0 Å². The Bertz CT molecular complexity index is 617. The second-order valence-corrected chi connectivity index (χ2v) is 6.53. The number of rotatable bonds is 10. The maximum absolute atomic E-state index is 9.37. The Labute approximate surface area is 147 Å². The van der Waals surface area contributed by atoms with Crippen LogP contribution in [0.2, 0.25) is 10.4 Å². The molecule has 0 fully saturated rings. The third-order valence-electron chi connectivity index (χ3n) is 4.10. The van der Waals surface area contributed by atoms with Crippen LogP contribution < -0.4 is 0 Å². The molecular weight excluding hydrogens is 335 g/mol. The topological polar surface area (TPSA) is 63.8 Å². The molecule has 0 spiro atoms. The Morgan fingerprint density at radius 1 is 1.09 bits per heavy atom. The minimum atomic E-state index is 0.117. The van der Waals surface area contributed by atoms with Crippen molar-refractivity contribution in [2.45, 2.75) is 64.3 Å². The molecule has 1 unspecified atom stereocenters. The quantitative estimate of drug-likeness (QED) is 0.376. The van der Waals surface area contributed by atoms with Crippen molar-refractivity contribution in [2.75, 3.05) is 6.61 Å². The molecule has 5 nitrogen and oxygen atoms in total. The highest BCUT2D eigenvalue weighted by Crippen LogP contribution is 2.27. The molecule has 0 radical (unpaired) electrons. The van der Waals surface area contributed by atoms with Gasteiger partial charge >= 0.3 is 0 Å². The second kappa shape index (κ2) is 9.40. The lowest BCUT2D eigenvalue weighted by atomic mass is 10.0. The molecule has 0 aliphatic heterocycles. The van der Waals surface area contributed by atoms with Crippen LogP contribution in [0.3, 0.4) is 0 Å². The predicted molar refractivity (Wildman–Crippen MR) is 94.1 cm³/mol. The van der Waals surface area contributed by atoms with Crippen LogP contribution in [0.5, 0.6) is 0 Å². The molecule has 2 aromatic rings. The molecule has 0 aliphatic carbocycles. The Morgan fingerprint density at radius 3 is 2.57 bits per heavy atom. The molecule has 23 heavy (non-hydrogen) atoms. The van der Waals surface area contributed by atoms with Gasteiger partial charge in [-0.3, -0.25) is 0 Å². The van der Waals surface area contributed by atoms with Gasteiger partial charge in [0.2, 0.25) is 5.28 Å². The van der Waals surface area contributed by atoms with Crippen LogP contribution in [0, 0.1) is 0 Å². The van der Waals surface area contributed by atoms with Gasteiger partial charge in [0, 0.05) is 12.6 Å². The fourth-order valence-corrected chi connectivity index (χ4v) is 3.28. The van der Waals surface area contributed by atoms with Crippen LogP contribution in [-0.2, 0) is 0 Å². The molecule has 0 amide bonds. The Kier molecular flexibility index (Phi) is 7.53. The molecule has 7 heteroatoms. The summed E-state index contributed by atoms with van der Waals surface area (Å²) in [7, 11) is 0. The molecule has 0 saturated heterocycles. The first kappa shape index (κ1) is 18.4. The molecule has 0 aliphatic rings. The lowest BCUT2D eigenvalue weighted by Crippen LogP contribution is -2.11. The summed E-state index contributed by atoms with van der Waals surface area (Å²) in [6, 6.07) is 0.151. The Morgan fingerprint density at radius 2 is 1.83 bits per heavy atom. The number of hydrogen-bond donors (Lipinski definition) is 1. The number of imidazole rings is 1. The highest BCUT2D eigenvalue weighted by Gasteiger charge is 2.17. The molecular formula is C16H24Cl2N4O. The maximum atomic E-state index is 9.37. The lowest BCUT2D eigenvalue weighted by molar-refractivity contribution is 0.251. The van der Waals surface area contributed by atoms with E-state index in [-0.39, 0.29) is 23.1 Å². The van der Waals surface area contributed by atoms with Crippen LogP contribution in [0.1, 0.15) is 64.3 Å². The summed E-state index contributed by atoms with van der Waals surface area (Å²) in [6.07, 6.45) is 10.8. The SMILES string of the molecule is CCCCCCCCC(CCO)n1cnc2c(Cl)nc(Cl)nc21. The number of nitrogens with zero attached hydrogens (tertiary/aromatic N) is 4. The van der Waals surface area contributed by atoms with Crippen LogP contribution >= 0.6 is 23.2 Å².